The molecule has 0 spiro atoms. The van der Waals surface area contributed by atoms with Crippen molar-refractivity contribution in [3.8, 4) is 6.07 Å². The second-order valence-electron chi connectivity index (χ2n) is 9.67. The van der Waals surface area contributed by atoms with Crippen molar-refractivity contribution in [3.05, 3.63) is 38.3 Å². The van der Waals surface area contributed by atoms with Crippen LogP contribution in [0.1, 0.15) is 44.2 Å². The zero-order valence-corrected chi connectivity index (χ0v) is 20.4. The van der Waals surface area contributed by atoms with E-state index in [2.05, 4.69) is 16.3 Å². The van der Waals surface area contributed by atoms with Gasteiger partial charge in [0.05, 0.1) is 22.7 Å². The quantitative estimate of drug-likeness (QED) is 0.530. The summed E-state index contributed by atoms with van der Waals surface area (Å²) in [5.74, 6) is 5.20. The van der Waals surface area contributed by atoms with Crippen molar-refractivity contribution < 1.29 is 9.18 Å². The topological polar surface area (TPSA) is 129 Å². The summed E-state index contributed by atoms with van der Waals surface area (Å²) in [5, 5.41) is 12.0. The maximum Gasteiger partial charge on any atom is 0.350 e. The van der Waals surface area contributed by atoms with E-state index in [-0.39, 0.29) is 29.3 Å². The Balaban J connectivity index is 1.71. The molecule has 1 saturated carbocycles. The zero-order valence-electron chi connectivity index (χ0n) is 20.4. The molecule has 2 aliphatic rings. The summed E-state index contributed by atoms with van der Waals surface area (Å²) in [4.78, 5) is 41.1. The number of nitrogens with two attached hydrogens (primary N) is 1. The van der Waals surface area contributed by atoms with Gasteiger partial charge in [0.25, 0.3) is 5.56 Å². The van der Waals surface area contributed by atoms with Crippen LogP contribution in [-0.4, -0.2) is 59.3 Å². The third-order valence-electron chi connectivity index (χ3n) is 7.26. The number of nitrogens with one attached hydrogen (secondary N) is 1. The molecular formula is C24H32FN7O3. The number of halogens is 1. The van der Waals surface area contributed by atoms with Gasteiger partial charge in [0, 0.05) is 57.2 Å². The Bertz CT molecular complexity index is 1310. The number of carbonyl (C=O) groups is 1. The number of aryl methyl sites for hydroxylation is 1. The van der Waals surface area contributed by atoms with Crippen molar-refractivity contribution in [2.75, 3.05) is 44.0 Å². The second-order valence-corrected chi connectivity index (χ2v) is 9.67. The normalized spacial score (nSPS) is 18.7. The van der Waals surface area contributed by atoms with Gasteiger partial charge in [-0.2, -0.15) is 9.94 Å². The minimum atomic E-state index is -0.704. The van der Waals surface area contributed by atoms with Gasteiger partial charge in [-0.15, -0.1) is 0 Å². The number of anilines is 1. The highest BCUT2D eigenvalue weighted by molar-refractivity contribution is 5.87. The van der Waals surface area contributed by atoms with Crippen molar-refractivity contribution in [3.63, 3.8) is 0 Å². The van der Waals surface area contributed by atoms with Crippen LogP contribution < -0.4 is 27.3 Å². The molecule has 4 rings (SSSR count). The Labute approximate surface area is 202 Å². The van der Waals surface area contributed by atoms with E-state index in [0.717, 1.165) is 19.3 Å². The van der Waals surface area contributed by atoms with E-state index in [9.17, 15) is 14.4 Å². The largest absolute Gasteiger partial charge is 0.369 e. The van der Waals surface area contributed by atoms with Crippen LogP contribution in [0, 0.1) is 30.0 Å². The van der Waals surface area contributed by atoms with E-state index >= 15 is 4.39 Å². The van der Waals surface area contributed by atoms with Gasteiger partial charge in [0.15, 0.2) is 0 Å². The Morgan fingerprint density at radius 3 is 2.71 bits per heavy atom. The Morgan fingerprint density at radius 2 is 2.09 bits per heavy atom. The van der Waals surface area contributed by atoms with Crippen LogP contribution in [0.3, 0.4) is 0 Å². The second kappa shape index (κ2) is 9.70. The monoisotopic (exact) mass is 485 g/mol. The van der Waals surface area contributed by atoms with Gasteiger partial charge in [-0.3, -0.25) is 14.2 Å². The minimum Gasteiger partial charge on any atom is -0.369 e. The van der Waals surface area contributed by atoms with Gasteiger partial charge in [-0.25, -0.2) is 9.18 Å². The number of hydrogen-bond acceptors (Lipinski definition) is 7. The van der Waals surface area contributed by atoms with E-state index < -0.39 is 17.1 Å². The number of nitrogens with zero attached hydrogens (tertiary/aromatic N) is 5. The molecule has 11 heteroatoms. The first kappa shape index (κ1) is 24.7. The van der Waals surface area contributed by atoms with Crippen LogP contribution in [0.4, 0.5) is 10.1 Å². The summed E-state index contributed by atoms with van der Waals surface area (Å²) in [6.07, 6.45) is 2.77. The van der Waals surface area contributed by atoms with Crippen molar-refractivity contribution in [1.82, 2.24) is 19.5 Å². The number of amides is 1. The smallest absolute Gasteiger partial charge is 0.350 e. The van der Waals surface area contributed by atoms with E-state index in [1.165, 1.54) is 17.6 Å². The Kier molecular flexibility index (Phi) is 6.85. The molecule has 188 valence electrons. The van der Waals surface area contributed by atoms with Gasteiger partial charge >= 0.3 is 5.69 Å². The lowest BCUT2D eigenvalue weighted by Gasteiger charge is -2.33. The fourth-order valence-corrected chi connectivity index (χ4v) is 5.35. The van der Waals surface area contributed by atoms with Crippen LogP contribution in [0.15, 0.2) is 15.7 Å². The van der Waals surface area contributed by atoms with Gasteiger partial charge in [-0.05, 0) is 45.2 Å². The average molecular weight is 486 g/mol. The summed E-state index contributed by atoms with van der Waals surface area (Å²) in [5.41, 5.74) is 0.105. The summed E-state index contributed by atoms with van der Waals surface area (Å²) < 4.78 is 17.6. The molecule has 0 radical (unpaired) electrons. The molecule has 1 saturated heterocycles. The maximum atomic E-state index is 15.5. The van der Waals surface area contributed by atoms with Crippen LogP contribution in [0.2, 0.25) is 0 Å². The number of carbonyl (C=O) groups excluding carboxylic acids is 1. The van der Waals surface area contributed by atoms with Crippen LogP contribution in [0.25, 0.3) is 10.9 Å². The molecule has 3 N–H and O–H groups in total. The van der Waals surface area contributed by atoms with Crippen LogP contribution in [0.5, 0.6) is 0 Å². The highest BCUT2D eigenvalue weighted by atomic mass is 19.1. The molecule has 2 atom stereocenters. The molecule has 35 heavy (non-hydrogen) atoms. The van der Waals surface area contributed by atoms with Crippen LogP contribution in [-0.2, 0) is 4.79 Å². The van der Waals surface area contributed by atoms with Gasteiger partial charge in [-0.1, -0.05) is 0 Å². The zero-order chi connectivity index (χ0) is 25.4. The summed E-state index contributed by atoms with van der Waals surface area (Å²) in [7, 11) is 1.93. The molecule has 1 aromatic heterocycles. The number of benzene rings is 1. The number of nitriles is 1. The average Bonchev–Trinajstić information content (AvgIpc) is 3.54. The maximum absolute atomic E-state index is 15.5. The molecule has 2 heterocycles. The van der Waals surface area contributed by atoms with Crippen LogP contribution >= 0.6 is 0 Å². The summed E-state index contributed by atoms with van der Waals surface area (Å²) in [6.45, 7) is 5.37. The lowest BCUT2D eigenvalue weighted by Crippen LogP contribution is -2.47. The molecule has 2 aromatic rings. The molecule has 1 aliphatic carbocycles. The molecule has 2 unspecified atom stereocenters. The van der Waals surface area contributed by atoms with Gasteiger partial charge in [0.2, 0.25) is 5.91 Å². The van der Waals surface area contributed by atoms with Crippen molar-refractivity contribution >= 4 is 22.5 Å². The molecule has 10 nitrogen and oxygen atoms in total. The standard InChI is InChI=1S/C24H32FN7O3/c1-14-21-18(23(34)32(27)24(35)31(21)17-5-6-17)11-19(25)22(14)30-10-7-16(13-30)20(12-28-15(2)33)29(3)9-4-8-26/h11,16-17,20H,4-7,9-10,12-13,27H2,1-3H3,(H,28,33). The number of fused-ring (bicyclic) bond motifs is 1. The Hall–Kier alpha value is -3.39. The highest BCUT2D eigenvalue weighted by Crippen LogP contribution is 2.39. The minimum absolute atomic E-state index is 0.0184. The number of rotatable bonds is 8. The molecule has 2 fully saturated rings. The van der Waals surface area contributed by atoms with Crippen molar-refractivity contribution in [2.24, 2.45) is 5.92 Å². The first-order valence-electron chi connectivity index (χ1n) is 12.0. The van der Waals surface area contributed by atoms with E-state index in [4.69, 9.17) is 11.1 Å². The molecule has 0 bridgehead atoms. The lowest BCUT2D eigenvalue weighted by atomic mass is 9.97. The number of likely N-dealkylation sites (N-methyl/N-ethyl adjacent to an activating group) is 1. The first-order chi connectivity index (χ1) is 16.6. The summed E-state index contributed by atoms with van der Waals surface area (Å²) in [6, 6.07) is 3.29. The molecular weight excluding hydrogens is 453 g/mol. The third-order valence-corrected chi connectivity index (χ3v) is 7.26. The lowest BCUT2D eigenvalue weighted by molar-refractivity contribution is -0.119. The molecule has 1 amide bonds. The SMILES string of the molecule is CC(=O)NCC(C1CCN(c2c(F)cc3c(=O)n(N)c(=O)n(C4CC4)c3c2C)C1)N(C)CCC#N. The van der Waals surface area contributed by atoms with Gasteiger partial charge < -0.3 is 21.0 Å². The fourth-order valence-electron chi connectivity index (χ4n) is 5.35. The molecule has 1 aliphatic heterocycles. The first-order valence-corrected chi connectivity index (χ1v) is 12.0. The van der Waals surface area contributed by atoms with E-state index in [0.29, 0.717) is 54.0 Å². The van der Waals surface area contributed by atoms with Gasteiger partial charge in [0.1, 0.15) is 5.82 Å². The summed E-state index contributed by atoms with van der Waals surface area (Å²) >= 11 is 0. The van der Waals surface area contributed by atoms with Crippen molar-refractivity contribution in [2.45, 2.75) is 51.6 Å². The fraction of sp³-hybridized carbons (Fsp3) is 0.583. The van der Waals surface area contributed by atoms with E-state index in [1.54, 1.807) is 6.92 Å². The predicted octanol–water partition coefficient (Wildman–Crippen LogP) is 0.836. The highest BCUT2D eigenvalue weighted by Gasteiger charge is 2.35. The predicted molar refractivity (Wildman–Crippen MR) is 131 cm³/mol. The molecule has 1 aromatic carbocycles. The Morgan fingerprint density at radius 1 is 1.37 bits per heavy atom. The third kappa shape index (κ3) is 4.62. The number of nitrogen functional groups attached to an aromatic ring is 1. The van der Waals surface area contributed by atoms with E-state index in [1.807, 2.05) is 11.9 Å². The number of aromatic nitrogens is 2. The van der Waals surface area contributed by atoms with Crippen molar-refractivity contribution in [1.29, 1.82) is 5.26 Å². The number of hydrogen-bond donors (Lipinski definition) is 2.